The van der Waals surface area contributed by atoms with E-state index in [9.17, 15) is 4.79 Å². The minimum Gasteiger partial charge on any atom is -0.374 e. The van der Waals surface area contributed by atoms with Crippen molar-refractivity contribution in [2.24, 2.45) is 0 Å². The van der Waals surface area contributed by atoms with Gasteiger partial charge in [-0.1, -0.05) is 91.0 Å². The first kappa shape index (κ1) is 25.6. The van der Waals surface area contributed by atoms with E-state index in [0.717, 1.165) is 16.7 Å². The Labute approximate surface area is 217 Å². The van der Waals surface area contributed by atoms with Gasteiger partial charge < -0.3 is 29.0 Å². The van der Waals surface area contributed by atoms with E-state index in [4.69, 9.17) is 23.7 Å². The van der Waals surface area contributed by atoms with Crippen LogP contribution >= 0.6 is 0 Å². The van der Waals surface area contributed by atoms with Crippen LogP contribution in [0.5, 0.6) is 0 Å². The lowest BCUT2D eigenvalue weighted by Crippen LogP contribution is -2.67. The van der Waals surface area contributed by atoms with E-state index >= 15 is 0 Å². The Bertz CT molecular complexity index is 1130. The second-order valence-corrected chi connectivity index (χ2v) is 9.55. The maximum absolute atomic E-state index is 12.2. The van der Waals surface area contributed by atoms with Crippen LogP contribution in [0.4, 0.5) is 0 Å². The summed E-state index contributed by atoms with van der Waals surface area (Å²) in [5, 5.41) is 2.99. The van der Waals surface area contributed by atoms with Crippen LogP contribution in [-0.4, -0.2) is 49.3 Å². The summed E-state index contributed by atoms with van der Waals surface area (Å²) in [5.74, 6) is -0.188. The molecule has 1 amide bonds. The molecule has 0 spiro atoms. The molecule has 2 fully saturated rings. The van der Waals surface area contributed by atoms with Crippen molar-refractivity contribution in [3.63, 3.8) is 0 Å². The topological polar surface area (TPSA) is 75.3 Å². The summed E-state index contributed by atoms with van der Waals surface area (Å²) >= 11 is 0. The third kappa shape index (κ3) is 6.26. The molecule has 2 aliphatic rings. The molecule has 2 saturated heterocycles. The summed E-state index contributed by atoms with van der Waals surface area (Å²) in [5.41, 5.74) is 2.24. The average Bonchev–Trinajstić information content (AvgIpc) is 3.31. The first-order valence-electron chi connectivity index (χ1n) is 12.6. The van der Waals surface area contributed by atoms with Gasteiger partial charge in [-0.15, -0.1) is 0 Å². The lowest BCUT2D eigenvalue weighted by Gasteiger charge is -2.46. The summed E-state index contributed by atoms with van der Waals surface area (Å²) < 4.78 is 31.8. The van der Waals surface area contributed by atoms with E-state index in [1.165, 1.54) is 6.92 Å². The number of carbonyl (C=O) groups excluding carboxylic acids is 1. The quantitative estimate of drug-likeness (QED) is 0.426. The Morgan fingerprint density at radius 2 is 1.38 bits per heavy atom. The van der Waals surface area contributed by atoms with Crippen LogP contribution < -0.4 is 5.32 Å². The molecule has 37 heavy (non-hydrogen) atoms. The fourth-order valence-corrected chi connectivity index (χ4v) is 4.91. The number of benzene rings is 3. The van der Waals surface area contributed by atoms with Gasteiger partial charge in [-0.3, -0.25) is 4.79 Å². The predicted molar refractivity (Wildman–Crippen MR) is 137 cm³/mol. The molecule has 2 heterocycles. The molecule has 5 rings (SSSR count). The maximum atomic E-state index is 12.2. The van der Waals surface area contributed by atoms with E-state index in [1.54, 1.807) is 0 Å². The van der Waals surface area contributed by atoms with Crippen molar-refractivity contribution in [3.05, 3.63) is 108 Å². The van der Waals surface area contributed by atoms with Crippen molar-refractivity contribution in [3.8, 4) is 0 Å². The fourth-order valence-electron chi connectivity index (χ4n) is 4.91. The molecule has 0 aliphatic carbocycles. The minimum absolute atomic E-state index is 0.188. The first-order chi connectivity index (χ1) is 18.1. The lowest BCUT2D eigenvalue weighted by atomic mass is 9.87. The number of fused-ring (bicyclic) bond motifs is 2. The Morgan fingerprint density at radius 1 is 0.838 bits per heavy atom. The second kappa shape index (κ2) is 12.0. The Kier molecular flexibility index (Phi) is 8.28. The van der Waals surface area contributed by atoms with Crippen LogP contribution in [0.25, 0.3) is 0 Å². The Morgan fingerprint density at radius 3 is 1.95 bits per heavy atom. The molecule has 3 aromatic carbocycles. The zero-order valence-corrected chi connectivity index (χ0v) is 21.0. The molecule has 2 aliphatic heterocycles. The van der Waals surface area contributed by atoms with Crippen LogP contribution in [0, 0.1) is 0 Å². The minimum atomic E-state index is -0.884. The second-order valence-electron chi connectivity index (χ2n) is 9.55. The monoisotopic (exact) mass is 503 g/mol. The summed E-state index contributed by atoms with van der Waals surface area (Å²) in [6.07, 6.45) is -1.74. The number of hydrogen-bond donors (Lipinski definition) is 1. The van der Waals surface area contributed by atoms with Gasteiger partial charge in [-0.05, 0) is 16.7 Å². The zero-order chi connectivity index (χ0) is 25.5. The maximum Gasteiger partial charge on any atom is 0.217 e. The third-order valence-electron chi connectivity index (χ3n) is 6.69. The largest absolute Gasteiger partial charge is 0.374 e. The summed E-state index contributed by atoms with van der Waals surface area (Å²) in [7, 11) is 0. The van der Waals surface area contributed by atoms with Crippen molar-refractivity contribution >= 4 is 5.91 Å². The van der Waals surface area contributed by atoms with E-state index in [0.29, 0.717) is 19.8 Å². The van der Waals surface area contributed by atoms with Crippen LogP contribution in [0.1, 0.15) is 23.6 Å². The summed E-state index contributed by atoms with van der Waals surface area (Å²) in [6, 6.07) is 29.4. The molecule has 0 saturated carbocycles. The van der Waals surface area contributed by atoms with Crippen molar-refractivity contribution in [1.82, 2.24) is 5.32 Å². The van der Waals surface area contributed by atoms with Crippen molar-refractivity contribution in [2.45, 2.75) is 56.9 Å². The standard InChI is InChI=1S/C30H33NO6/c1-22(32)31-26-27(34-18-24-13-7-3-8-14-24)28(35-19-25-15-9-4-10-16-25)30(21-36-29(26)37-30)20-33-17-23-11-5-2-6-12-23/h2-16,26-29H,17-21H2,1H3,(H,31,32)/t26-,27?,28?,29+,30+/m1/s1. The number of hydrogen-bond acceptors (Lipinski definition) is 6. The number of nitrogens with one attached hydrogen (secondary N) is 1. The van der Waals surface area contributed by atoms with Crippen LogP contribution in [0.15, 0.2) is 91.0 Å². The molecule has 194 valence electrons. The molecule has 3 aromatic rings. The van der Waals surface area contributed by atoms with Gasteiger partial charge in [0.05, 0.1) is 33.0 Å². The number of ether oxygens (including phenoxy) is 5. The molecule has 0 radical (unpaired) electrons. The van der Waals surface area contributed by atoms with Crippen molar-refractivity contribution in [2.75, 3.05) is 13.2 Å². The predicted octanol–water partition coefficient (Wildman–Crippen LogP) is 4.00. The van der Waals surface area contributed by atoms with Crippen LogP contribution in [0.2, 0.25) is 0 Å². The van der Waals surface area contributed by atoms with Crippen molar-refractivity contribution in [1.29, 1.82) is 0 Å². The van der Waals surface area contributed by atoms with E-state index in [1.807, 2.05) is 91.0 Å². The van der Waals surface area contributed by atoms with Gasteiger partial charge in [0.1, 0.15) is 23.9 Å². The highest BCUT2D eigenvalue weighted by molar-refractivity contribution is 5.73. The molecule has 0 aromatic heterocycles. The highest BCUT2D eigenvalue weighted by Crippen LogP contribution is 2.41. The van der Waals surface area contributed by atoms with Crippen LogP contribution in [-0.2, 0) is 48.3 Å². The third-order valence-corrected chi connectivity index (χ3v) is 6.69. The van der Waals surface area contributed by atoms with Gasteiger partial charge in [0.15, 0.2) is 6.29 Å². The van der Waals surface area contributed by atoms with E-state index in [2.05, 4.69) is 5.32 Å². The van der Waals surface area contributed by atoms with E-state index in [-0.39, 0.29) is 19.1 Å². The molecule has 5 atom stereocenters. The van der Waals surface area contributed by atoms with Gasteiger partial charge in [0.2, 0.25) is 5.91 Å². The average molecular weight is 504 g/mol. The normalized spacial score (nSPS) is 26.6. The molecular weight excluding hydrogens is 470 g/mol. The zero-order valence-electron chi connectivity index (χ0n) is 21.0. The molecule has 2 bridgehead atoms. The summed E-state index contributed by atoms with van der Waals surface area (Å²) in [6.45, 7) is 3.17. The lowest BCUT2D eigenvalue weighted by molar-refractivity contribution is -0.263. The van der Waals surface area contributed by atoms with Gasteiger partial charge in [-0.2, -0.15) is 0 Å². The van der Waals surface area contributed by atoms with Gasteiger partial charge >= 0.3 is 0 Å². The van der Waals surface area contributed by atoms with Crippen molar-refractivity contribution < 1.29 is 28.5 Å². The number of rotatable bonds is 11. The first-order valence-corrected chi connectivity index (χ1v) is 12.6. The molecule has 2 unspecified atom stereocenters. The highest BCUT2D eigenvalue weighted by atomic mass is 16.8. The molecule has 7 heteroatoms. The Balaban J connectivity index is 1.40. The highest BCUT2D eigenvalue weighted by Gasteiger charge is 2.61. The van der Waals surface area contributed by atoms with Gasteiger partial charge in [0, 0.05) is 6.92 Å². The number of amides is 1. The fraction of sp³-hybridized carbons (Fsp3) is 0.367. The molecular formula is C30H33NO6. The Hall–Kier alpha value is -3.07. The molecule has 1 N–H and O–H groups in total. The number of carbonyl (C=O) groups is 1. The van der Waals surface area contributed by atoms with E-state index < -0.39 is 30.1 Å². The summed E-state index contributed by atoms with van der Waals surface area (Å²) in [4.78, 5) is 12.2. The smallest absolute Gasteiger partial charge is 0.217 e. The SMILES string of the molecule is CC(=O)N[C@@H]1C(OCc2ccccc2)C(OCc2ccccc2)[C@]2(COCc3ccccc3)CO[C@H]1O2. The van der Waals surface area contributed by atoms with Gasteiger partial charge in [0.25, 0.3) is 0 Å². The van der Waals surface area contributed by atoms with Gasteiger partial charge in [-0.25, -0.2) is 0 Å². The van der Waals surface area contributed by atoms with Crippen LogP contribution in [0.3, 0.4) is 0 Å². The molecule has 7 nitrogen and oxygen atoms in total.